The van der Waals surface area contributed by atoms with Gasteiger partial charge >= 0.3 is 0 Å². The third-order valence-electron chi connectivity index (χ3n) is 2.84. The van der Waals surface area contributed by atoms with Crippen molar-refractivity contribution in [1.82, 2.24) is 0 Å². The van der Waals surface area contributed by atoms with Crippen molar-refractivity contribution < 1.29 is 9.53 Å². The van der Waals surface area contributed by atoms with E-state index in [9.17, 15) is 4.79 Å². The first kappa shape index (κ1) is 15.0. The predicted octanol–water partition coefficient (Wildman–Crippen LogP) is 4.89. The molecule has 0 fully saturated rings. The molecule has 1 rings (SSSR count). The Labute approximate surface area is 114 Å². The van der Waals surface area contributed by atoms with Crippen LogP contribution in [0.2, 0.25) is 5.02 Å². The first-order chi connectivity index (χ1) is 8.65. The van der Waals surface area contributed by atoms with Crippen molar-refractivity contribution >= 4 is 17.4 Å². The molecule has 1 aromatic rings. The fourth-order valence-corrected chi connectivity index (χ4v) is 1.96. The Hall–Kier alpha value is -1.02. The number of hydrogen-bond acceptors (Lipinski definition) is 2. The predicted molar refractivity (Wildman–Crippen MR) is 75.7 cm³/mol. The topological polar surface area (TPSA) is 26.3 Å². The van der Waals surface area contributed by atoms with Crippen LogP contribution in [-0.4, -0.2) is 12.4 Å². The molecule has 0 aromatic heterocycles. The maximum atomic E-state index is 11.2. The lowest BCUT2D eigenvalue weighted by Gasteiger charge is -2.08. The van der Waals surface area contributed by atoms with Crippen LogP contribution in [0.3, 0.4) is 0 Å². The Morgan fingerprint density at radius 2 is 1.94 bits per heavy atom. The summed E-state index contributed by atoms with van der Waals surface area (Å²) in [5.41, 5.74) is 0.621. The van der Waals surface area contributed by atoms with Crippen molar-refractivity contribution in [2.45, 2.75) is 46.0 Å². The van der Waals surface area contributed by atoms with Crippen LogP contribution in [0.4, 0.5) is 0 Å². The van der Waals surface area contributed by atoms with Gasteiger partial charge in [0.15, 0.2) is 5.78 Å². The van der Waals surface area contributed by atoms with Gasteiger partial charge in [0.2, 0.25) is 0 Å². The van der Waals surface area contributed by atoms with Gasteiger partial charge in [-0.05, 0) is 31.5 Å². The molecule has 18 heavy (non-hydrogen) atoms. The molecule has 0 radical (unpaired) electrons. The van der Waals surface area contributed by atoms with Gasteiger partial charge in [-0.25, -0.2) is 0 Å². The quantitative estimate of drug-likeness (QED) is 0.495. The number of carbonyl (C=O) groups is 1. The molecule has 1 aromatic carbocycles. The summed E-state index contributed by atoms with van der Waals surface area (Å²) in [5.74, 6) is 0.681. The van der Waals surface area contributed by atoms with Crippen LogP contribution in [0, 0.1) is 0 Å². The van der Waals surface area contributed by atoms with Crippen molar-refractivity contribution in [1.29, 1.82) is 0 Å². The molecule has 0 atom stereocenters. The summed E-state index contributed by atoms with van der Waals surface area (Å²) < 4.78 is 5.61. The summed E-state index contributed by atoms with van der Waals surface area (Å²) in [6, 6.07) is 5.18. The average molecular weight is 269 g/mol. The van der Waals surface area contributed by atoms with Crippen LogP contribution in [0.25, 0.3) is 0 Å². The molecule has 0 aliphatic rings. The number of Topliss-reactive ketones (excluding diaryl/α,β-unsaturated/α-hetero) is 1. The van der Waals surface area contributed by atoms with Gasteiger partial charge in [-0.2, -0.15) is 0 Å². The summed E-state index contributed by atoms with van der Waals surface area (Å²) in [6.07, 6.45) is 6.03. The lowest BCUT2D eigenvalue weighted by molar-refractivity contribution is 0.101. The lowest BCUT2D eigenvalue weighted by Crippen LogP contribution is -1.99. The molecule has 0 heterocycles. The molecule has 0 aliphatic heterocycles. The van der Waals surface area contributed by atoms with Crippen LogP contribution in [0.1, 0.15) is 56.3 Å². The lowest BCUT2D eigenvalue weighted by atomic mass is 10.1. The van der Waals surface area contributed by atoms with E-state index in [-0.39, 0.29) is 5.78 Å². The summed E-state index contributed by atoms with van der Waals surface area (Å²) in [4.78, 5) is 11.2. The first-order valence-electron chi connectivity index (χ1n) is 6.58. The number of ether oxygens (including phenoxy) is 1. The highest BCUT2D eigenvalue weighted by atomic mass is 35.5. The third kappa shape index (κ3) is 5.09. The van der Waals surface area contributed by atoms with E-state index in [1.807, 2.05) is 0 Å². The normalized spacial score (nSPS) is 10.4. The zero-order valence-electron chi connectivity index (χ0n) is 11.2. The molecule has 0 saturated heterocycles. The summed E-state index contributed by atoms with van der Waals surface area (Å²) in [5, 5.41) is 0.510. The van der Waals surface area contributed by atoms with Crippen LogP contribution in [0.5, 0.6) is 5.75 Å². The fraction of sp³-hybridized carbons (Fsp3) is 0.533. The molecule has 0 amide bonds. The van der Waals surface area contributed by atoms with Crippen LogP contribution in [-0.2, 0) is 0 Å². The van der Waals surface area contributed by atoms with Gasteiger partial charge in [-0.15, -0.1) is 0 Å². The molecule has 0 spiro atoms. The fourth-order valence-electron chi connectivity index (χ4n) is 1.72. The molecule has 0 unspecified atom stereocenters. The smallest absolute Gasteiger partial charge is 0.159 e. The van der Waals surface area contributed by atoms with Crippen LogP contribution < -0.4 is 4.74 Å². The molecule has 2 nitrogen and oxygen atoms in total. The highest BCUT2D eigenvalue weighted by molar-refractivity contribution is 6.32. The molecule has 0 bridgehead atoms. The Morgan fingerprint density at radius 3 is 2.56 bits per heavy atom. The van der Waals surface area contributed by atoms with Gasteiger partial charge in [-0.1, -0.05) is 44.2 Å². The number of halogens is 1. The monoisotopic (exact) mass is 268 g/mol. The number of benzene rings is 1. The Bertz CT molecular complexity index is 388. The summed E-state index contributed by atoms with van der Waals surface area (Å²) >= 11 is 6.06. The van der Waals surface area contributed by atoms with E-state index in [4.69, 9.17) is 16.3 Å². The molecule has 0 N–H and O–H groups in total. The Kier molecular flexibility index (Phi) is 6.81. The minimum absolute atomic E-state index is 0.0167. The van der Waals surface area contributed by atoms with Gasteiger partial charge in [0, 0.05) is 5.56 Å². The second kappa shape index (κ2) is 8.15. The standard InChI is InChI=1S/C15H21ClO2/c1-3-4-5-6-7-10-18-15-9-8-13(12(2)17)11-14(15)16/h8-9,11H,3-7,10H2,1-2H3. The average Bonchev–Trinajstić information content (AvgIpc) is 2.35. The van der Waals surface area contributed by atoms with E-state index < -0.39 is 0 Å². The van der Waals surface area contributed by atoms with Gasteiger partial charge < -0.3 is 4.74 Å². The van der Waals surface area contributed by atoms with Crippen molar-refractivity contribution in [3.05, 3.63) is 28.8 Å². The second-order valence-corrected chi connectivity index (χ2v) is 4.87. The zero-order chi connectivity index (χ0) is 13.4. The number of carbonyl (C=O) groups excluding carboxylic acids is 1. The van der Waals surface area contributed by atoms with E-state index in [2.05, 4.69) is 6.92 Å². The summed E-state index contributed by atoms with van der Waals surface area (Å²) in [7, 11) is 0. The maximum Gasteiger partial charge on any atom is 0.159 e. The highest BCUT2D eigenvalue weighted by Gasteiger charge is 2.05. The highest BCUT2D eigenvalue weighted by Crippen LogP contribution is 2.25. The van der Waals surface area contributed by atoms with Crippen molar-refractivity contribution in [2.75, 3.05) is 6.61 Å². The van der Waals surface area contributed by atoms with E-state index in [1.165, 1.54) is 32.6 Å². The van der Waals surface area contributed by atoms with Crippen molar-refractivity contribution in [2.24, 2.45) is 0 Å². The molecule has 3 heteroatoms. The number of ketones is 1. The Morgan fingerprint density at radius 1 is 1.22 bits per heavy atom. The molecule has 0 saturated carbocycles. The Balaban J connectivity index is 2.36. The zero-order valence-corrected chi connectivity index (χ0v) is 11.9. The van der Waals surface area contributed by atoms with Crippen LogP contribution in [0.15, 0.2) is 18.2 Å². The van der Waals surface area contributed by atoms with Gasteiger partial charge in [0.25, 0.3) is 0 Å². The van der Waals surface area contributed by atoms with E-state index in [0.29, 0.717) is 22.9 Å². The van der Waals surface area contributed by atoms with Crippen molar-refractivity contribution in [3.8, 4) is 5.75 Å². The number of unbranched alkanes of at least 4 members (excludes halogenated alkanes) is 4. The minimum Gasteiger partial charge on any atom is -0.492 e. The molecule has 0 aliphatic carbocycles. The SMILES string of the molecule is CCCCCCCOc1ccc(C(C)=O)cc1Cl. The van der Waals surface area contributed by atoms with Crippen LogP contribution >= 0.6 is 11.6 Å². The summed E-state index contributed by atoms with van der Waals surface area (Å²) in [6.45, 7) is 4.41. The number of rotatable bonds is 8. The second-order valence-electron chi connectivity index (χ2n) is 4.46. The van der Waals surface area contributed by atoms with Gasteiger partial charge in [0.05, 0.1) is 11.6 Å². The molecular formula is C15H21ClO2. The largest absolute Gasteiger partial charge is 0.492 e. The van der Waals surface area contributed by atoms with Crippen molar-refractivity contribution in [3.63, 3.8) is 0 Å². The van der Waals surface area contributed by atoms with E-state index in [0.717, 1.165) is 6.42 Å². The van der Waals surface area contributed by atoms with Gasteiger partial charge in [0.1, 0.15) is 5.75 Å². The van der Waals surface area contributed by atoms with Gasteiger partial charge in [-0.3, -0.25) is 4.79 Å². The first-order valence-corrected chi connectivity index (χ1v) is 6.96. The van der Waals surface area contributed by atoms with E-state index >= 15 is 0 Å². The third-order valence-corrected chi connectivity index (χ3v) is 3.14. The van der Waals surface area contributed by atoms with E-state index in [1.54, 1.807) is 18.2 Å². The molecular weight excluding hydrogens is 248 g/mol. The molecule has 100 valence electrons. The number of hydrogen-bond donors (Lipinski definition) is 0. The maximum absolute atomic E-state index is 11.2. The minimum atomic E-state index is 0.0167.